The molecule has 0 aromatic heterocycles. The van der Waals surface area contributed by atoms with Crippen LogP contribution in [0.1, 0.15) is 31.9 Å². The quantitative estimate of drug-likeness (QED) is 0.876. The van der Waals surface area contributed by atoms with Gasteiger partial charge >= 0.3 is 5.97 Å². The van der Waals surface area contributed by atoms with Crippen molar-refractivity contribution < 1.29 is 18.3 Å². The SMILES string of the molecule is CC(C)(C)NS(=O)(=O)N1Cc2ccccc2C[C@@H]1C(=O)O. The standard InChI is InChI=1S/C14H20N2O4S/c1-14(2,3)15-21(19,20)16-9-11-7-5-4-6-10(11)8-12(16)13(17)18/h4-7,12,15H,8-9H2,1-3H3,(H,17,18)/t12-/m1/s1. The lowest BCUT2D eigenvalue weighted by atomic mass is 9.96. The van der Waals surface area contributed by atoms with Gasteiger partial charge in [-0.05, 0) is 31.9 Å². The van der Waals surface area contributed by atoms with E-state index in [0.29, 0.717) is 0 Å². The number of carboxylic acids is 1. The number of hydrogen-bond acceptors (Lipinski definition) is 3. The molecule has 1 aliphatic heterocycles. The molecule has 0 amide bonds. The van der Waals surface area contributed by atoms with Gasteiger partial charge in [0.15, 0.2) is 0 Å². The second-order valence-corrected chi connectivity index (χ2v) is 7.85. The number of carboxylic acid groups (broad SMARTS) is 1. The predicted octanol–water partition coefficient (Wildman–Crippen LogP) is 1.13. The zero-order chi connectivity index (χ0) is 15.8. The predicted molar refractivity (Wildman–Crippen MR) is 78.9 cm³/mol. The van der Waals surface area contributed by atoms with Crippen LogP contribution in [-0.2, 0) is 28.0 Å². The Labute approximate surface area is 125 Å². The Balaban J connectivity index is 2.39. The van der Waals surface area contributed by atoms with Gasteiger partial charge in [0.2, 0.25) is 0 Å². The molecular formula is C14H20N2O4S. The van der Waals surface area contributed by atoms with E-state index in [0.717, 1.165) is 15.4 Å². The van der Waals surface area contributed by atoms with Crippen molar-refractivity contribution >= 4 is 16.2 Å². The lowest BCUT2D eigenvalue weighted by Gasteiger charge is -2.35. The molecule has 116 valence electrons. The van der Waals surface area contributed by atoms with Crippen molar-refractivity contribution in [1.29, 1.82) is 0 Å². The van der Waals surface area contributed by atoms with Crippen LogP contribution in [0.2, 0.25) is 0 Å². The molecule has 0 saturated heterocycles. The van der Waals surface area contributed by atoms with E-state index in [1.165, 1.54) is 0 Å². The average molecular weight is 312 g/mol. The Morgan fingerprint density at radius 2 is 1.86 bits per heavy atom. The number of fused-ring (bicyclic) bond motifs is 1. The van der Waals surface area contributed by atoms with Crippen molar-refractivity contribution in [1.82, 2.24) is 9.03 Å². The van der Waals surface area contributed by atoms with Crippen LogP contribution < -0.4 is 4.72 Å². The molecule has 0 saturated carbocycles. The first-order valence-corrected chi connectivity index (χ1v) is 8.14. The van der Waals surface area contributed by atoms with Crippen molar-refractivity contribution in [3.05, 3.63) is 35.4 Å². The Bertz CT molecular complexity index is 649. The number of rotatable bonds is 3. The summed E-state index contributed by atoms with van der Waals surface area (Å²) in [5.74, 6) is -1.14. The molecule has 0 spiro atoms. The molecule has 0 unspecified atom stereocenters. The van der Waals surface area contributed by atoms with Crippen LogP contribution >= 0.6 is 0 Å². The molecule has 0 bridgehead atoms. The number of nitrogens with zero attached hydrogens (tertiary/aromatic N) is 1. The van der Waals surface area contributed by atoms with Crippen LogP contribution in [0.5, 0.6) is 0 Å². The van der Waals surface area contributed by atoms with Gasteiger partial charge in [0.25, 0.3) is 10.2 Å². The van der Waals surface area contributed by atoms with Crippen LogP contribution in [0.25, 0.3) is 0 Å². The fourth-order valence-corrected chi connectivity index (χ4v) is 4.11. The van der Waals surface area contributed by atoms with E-state index in [4.69, 9.17) is 0 Å². The molecule has 1 aliphatic rings. The Morgan fingerprint density at radius 3 is 2.38 bits per heavy atom. The van der Waals surface area contributed by atoms with Crippen molar-refractivity contribution in [2.45, 2.75) is 45.3 Å². The lowest BCUT2D eigenvalue weighted by molar-refractivity contribution is -0.141. The van der Waals surface area contributed by atoms with Crippen LogP contribution in [0, 0.1) is 0 Å². The number of hydrogen-bond donors (Lipinski definition) is 2. The maximum atomic E-state index is 12.5. The van der Waals surface area contributed by atoms with Crippen molar-refractivity contribution in [2.24, 2.45) is 0 Å². The highest BCUT2D eigenvalue weighted by Crippen LogP contribution is 2.26. The maximum Gasteiger partial charge on any atom is 0.322 e. The van der Waals surface area contributed by atoms with Gasteiger partial charge < -0.3 is 5.11 Å². The van der Waals surface area contributed by atoms with E-state index in [-0.39, 0.29) is 13.0 Å². The molecule has 2 rings (SSSR count). The third kappa shape index (κ3) is 3.61. The summed E-state index contributed by atoms with van der Waals surface area (Å²) < 4.78 is 28.5. The fourth-order valence-electron chi connectivity index (χ4n) is 2.41. The van der Waals surface area contributed by atoms with Gasteiger partial charge in [0, 0.05) is 18.5 Å². The molecule has 2 N–H and O–H groups in total. The van der Waals surface area contributed by atoms with Crippen molar-refractivity contribution in [3.63, 3.8) is 0 Å². The highest BCUT2D eigenvalue weighted by Gasteiger charge is 2.40. The summed E-state index contributed by atoms with van der Waals surface area (Å²) in [6.45, 7) is 5.23. The highest BCUT2D eigenvalue weighted by molar-refractivity contribution is 7.87. The minimum absolute atomic E-state index is 0.0680. The Hall–Kier alpha value is -1.44. The number of benzene rings is 1. The largest absolute Gasteiger partial charge is 0.480 e. The summed E-state index contributed by atoms with van der Waals surface area (Å²) in [4.78, 5) is 11.5. The normalized spacial score (nSPS) is 20.0. The van der Waals surface area contributed by atoms with E-state index in [1.807, 2.05) is 24.3 Å². The van der Waals surface area contributed by atoms with E-state index < -0.39 is 27.8 Å². The minimum atomic E-state index is -3.88. The van der Waals surface area contributed by atoms with E-state index in [1.54, 1.807) is 20.8 Å². The zero-order valence-electron chi connectivity index (χ0n) is 12.3. The smallest absolute Gasteiger partial charge is 0.322 e. The number of carbonyl (C=O) groups is 1. The maximum absolute atomic E-state index is 12.5. The van der Waals surface area contributed by atoms with Gasteiger partial charge in [-0.15, -0.1) is 0 Å². The molecular weight excluding hydrogens is 292 g/mol. The molecule has 0 fully saturated rings. The summed E-state index contributed by atoms with van der Waals surface area (Å²) in [5.41, 5.74) is 1.06. The van der Waals surface area contributed by atoms with Gasteiger partial charge in [-0.3, -0.25) is 4.79 Å². The highest BCUT2D eigenvalue weighted by atomic mass is 32.2. The lowest BCUT2D eigenvalue weighted by Crippen LogP contribution is -2.55. The Morgan fingerprint density at radius 1 is 1.29 bits per heavy atom. The number of nitrogens with one attached hydrogen (secondary N) is 1. The summed E-state index contributed by atoms with van der Waals surface area (Å²) >= 11 is 0. The van der Waals surface area contributed by atoms with Crippen LogP contribution in [-0.4, -0.2) is 35.4 Å². The monoisotopic (exact) mass is 312 g/mol. The van der Waals surface area contributed by atoms with E-state index >= 15 is 0 Å². The fraction of sp³-hybridized carbons (Fsp3) is 0.500. The van der Waals surface area contributed by atoms with Crippen molar-refractivity contribution in [2.75, 3.05) is 0 Å². The third-order valence-corrected chi connectivity index (χ3v) is 5.11. The third-order valence-electron chi connectivity index (χ3n) is 3.23. The minimum Gasteiger partial charge on any atom is -0.480 e. The Kier molecular flexibility index (Phi) is 4.10. The van der Waals surface area contributed by atoms with Crippen LogP contribution in [0.15, 0.2) is 24.3 Å². The average Bonchev–Trinajstić information content (AvgIpc) is 2.34. The van der Waals surface area contributed by atoms with Crippen LogP contribution in [0.3, 0.4) is 0 Å². The van der Waals surface area contributed by atoms with Gasteiger partial charge in [0.1, 0.15) is 6.04 Å². The summed E-state index contributed by atoms with van der Waals surface area (Å²) in [5, 5.41) is 9.36. The summed E-state index contributed by atoms with van der Waals surface area (Å²) in [6, 6.07) is 6.23. The first-order chi connectivity index (χ1) is 9.60. The molecule has 7 heteroatoms. The topological polar surface area (TPSA) is 86.7 Å². The molecule has 21 heavy (non-hydrogen) atoms. The van der Waals surface area contributed by atoms with Gasteiger partial charge in [0.05, 0.1) is 0 Å². The van der Waals surface area contributed by atoms with E-state index in [9.17, 15) is 18.3 Å². The van der Waals surface area contributed by atoms with Gasteiger partial charge in [-0.25, -0.2) is 0 Å². The van der Waals surface area contributed by atoms with E-state index in [2.05, 4.69) is 4.72 Å². The molecule has 6 nitrogen and oxygen atoms in total. The second kappa shape index (κ2) is 5.40. The molecule has 1 aromatic carbocycles. The zero-order valence-corrected chi connectivity index (χ0v) is 13.1. The molecule has 1 atom stereocenters. The first kappa shape index (κ1) is 15.9. The molecule has 0 aliphatic carbocycles. The van der Waals surface area contributed by atoms with Gasteiger partial charge in [-0.2, -0.15) is 17.4 Å². The first-order valence-electron chi connectivity index (χ1n) is 6.70. The number of aliphatic carboxylic acids is 1. The summed E-state index contributed by atoms with van der Waals surface area (Å²) in [7, 11) is -3.88. The van der Waals surface area contributed by atoms with Crippen LogP contribution in [0.4, 0.5) is 0 Å². The molecule has 1 heterocycles. The van der Waals surface area contributed by atoms with Gasteiger partial charge in [-0.1, -0.05) is 24.3 Å². The molecule has 0 radical (unpaired) electrons. The molecule has 1 aromatic rings. The summed E-state index contributed by atoms with van der Waals surface area (Å²) in [6.07, 6.45) is 0.177. The van der Waals surface area contributed by atoms with Crippen molar-refractivity contribution in [3.8, 4) is 0 Å². The second-order valence-electron chi connectivity index (χ2n) is 6.23.